The normalized spacial score (nSPS) is 34.1. The molecular weight excluding hydrogens is 192 g/mol. The summed E-state index contributed by atoms with van der Waals surface area (Å²) in [6.45, 7) is 10.1. The van der Waals surface area contributed by atoms with Crippen molar-refractivity contribution in [2.24, 2.45) is 0 Å². The van der Waals surface area contributed by atoms with Crippen molar-refractivity contribution in [2.75, 3.05) is 26.7 Å². The third-order valence-electron chi connectivity index (χ3n) is 3.80. The van der Waals surface area contributed by atoms with Crippen LogP contribution in [0.3, 0.4) is 0 Å². The van der Waals surface area contributed by atoms with Crippen molar-refractivity contribution in [3.8, 4) is 0 Å². The molecule has 1 rings (SSSR count). The number of hydrogen-bond donors (Lipinski definition) is 0. The highest BCUT2D eigenvalue weighted by atomic mass is 16.4. The van der Waals surface area contributed by atoms with Crippen molar-refractivity contribution in [3.05, 3.63) is 0 Å². The van der Waals surface area contributed by atoms with Crippen LogP contribution in [0.15, 0.2) is 0 Å². The number of hydrogen-bond acceptors (Lipinski definition) is 3. The Hall–Kier alpha value is -0.610. The van der Waals surface area contributed by atoms with E-state index in [1.165, 1.54) is 0 Å². The number of rotatable bonds is 0. The highest BCUT2D eigenvalue weighted by Crippen LogP contribution is 2.28. The van der Waals surface area contributed by atoms with Crippen LogP contribution >= 0.6 is 0 Å². The summed E-state index contributed by atoms with van der Waals surface area (Å²) in [4.78, 5) is 13.6. The Morgan fingerprint density at radius 1 is 1.47 bits per heavy atom. The molecule has 0 saturated carbocycles. The van der Waals surface area contributed by atoms with Gasteiger partial charge in [0, 0.05) is 6.54 Å². The Morgan fingerprint density at radius 2 is 2.00 bits per heavy atom. The molecule has 0 spiro atoms. The maximum Gasteiger partial charge on any atom is 0.257 e. The van der Waals surface area contributed by atoms with E-state index in [1.807, 2.05) is 27.8 Å². The van der Waals surface area contributed by atoms with Gasteiger partial charge in [0.2, 0.25) is 0 Å². The molecule has 4 nitrogen and oxygen atoms in total. The molecule has 1 saturated heterocycles. The molecule has 1 unspecified atom stereocenters. The molecule has 88 valence electrons. The molecule has 0 aromatic heterocycles. The Balaban J connectivity index is 3.00. The minimum absolute atomic E-state index is 0.0680. The zero-order valence-electron chi connectivity index (χ0n) is 10.4. The van der Waals surface area contributed by atoms with E-state index >= 15 is 0 Å². The van der Waals surface area contributed by atoms with Crippen LogP contribution in [0.25, 0.3) is 0 Å². The zero-order valence-corrected chi connectivity index (χ0v) is 10.4. The average molecular weight is 214 g/mol. The number of amides is 1. The first-order chi connectivity index (χ1) is 6.71. The van der Waals surface area contributed by atoms with Gasteiger partial charge in [-0.3, -0.25) is 9.38 Å². The molecular formula is C11H22N2O2. The molecule has 0 N–H and O–H groups in total. The summed E-state index contributed by atoms with van der Waals surface area (Å²) in [6, 6.07) is 0.288. The van der Waals surface area contributed by atoms with Gasteiger partial charge in [0.05, 0.1) is 18.1 Å². The smallest absolute Gasteiger partial charge is 0.257 e. The van der Waals surface area contributed by atoms with Crippen molar-refractivity contribution >= 4 is 6.09 Å². The van der Waals surface area contributed by atoms with Gasteiger partial charge in [0.25, 0.3) is 6.09 Å². The number of likely N-dealkylation sites (N-methyl/N-ethyl adjacent to an activating group) is 1. The summed E-state index contributed by atoms with van der Waals surface area (Å²) >= 11 is 0. The molecule has 1 amide bonds. The Bertz CT molecular complexity index is 260. The fourth-order valence-electron chi connectivity index (χ4n) is 2.28. The standard InChI is InChI=1S/C11H22N2O2/c1-9-8-13(10(14)15,11(2,3)4)7-6-12(9)5/h9H,6-8H2,1-5H3/t9-,13?/m1/s1. The number of piperazine rings is 1. The predicted molar refractivity (Wildman–Crippen MR) is 57.2 cm³/mol. The van der Waals surface area contributed by atoms with E-state index in [1.54, 1.807) is 0 Å². The van der Waals surface area contributed by atoms with Crippen LogP contribution in [-0.4, -0.2) is 53.7 Å². The van der Waals surface area contributed by atoms with E-state index in [-0.39, 0.29) is 16.1 Å². The number of carboxylic acid groups (broad SMARTS) is 1. The van der Waals surface area contributed by atoms with Crippen LogP contribution in [0.2, 0.25) is 0 Å². The predicted octanol–water partition coefficient (Wildman–Crippen LogP) is 0.279. The minimum atomic E-state index is -0.942. The number of nitrogens with zero attached hydrogens (tertiary/aromatic N) is 2. The van der Waals surface area contributed by atoms with Gasteiger partial charge in [-0.25, -0.2) is 0 Å². The first kappa shape index (κ1) is 12.5. The first-order valence-corrected chi connectivity index (χ1v) is 5.50. The van der Waals surface area contributed by atoms with E-state index in [2.05, 4.69) is 11.8 Å². The second kappa shape index (κ2) is 3.76. The van der Waals surface area contributed by atoms with Crippen molar-refractivity contribution in [3.63, 3.8) is 0 Å². The second-order valence-corrected chi connectivity index (χ2v) is 5.64. The molecule has 0 radical (unpaired) electrons. The lowest BCUT2D eigenvalue weighted by molar-refractivity contribution is -0.925. The summed E-state index contributed by atoms with van der Waals surface area (Å²) in [5, 5.41) is 11.4. The van der Waals surface area contributed by atoms with Crippen molar-refractivity contribution in [1.29, 1.82) is 0 Å². The van der Waals surface area contributed by atoms with E-state index in [4.69, 9.17) is 0 Å². The van der Waals surface area contributed by atoms with Crippen LogP contribution in [0, 0.1) is 0 Å². The molecule has 0 aromatic rings. The summed E-state index contributed by atoms with van der Waals surface area (Å²) in [7, 11) is 2.04. The van der Waals surface area contributed by atoms with Crippen LogP contribution in [-0.2, 0) is 0 Å². The van der Waals surface area contributed by atoms with Gasteiger partial charge in [-0.1, -0.05) is 0 Å². The van der Waals surface area contributed by atoms with Crippen LogP contribution in [0.1, 0.15) is 27.7 Å². The maximum absolute atomic E-state index is 11.4. The fourth-order valence-corrected chi connectivity index (χ4v) is 2.28. The quantitative estimate of drug-likeness (QED) is 0.544. The lowest BCUT2D eigenvalue weighted by Crippen LogP contribution is -2.74. The minimum Gasteiger partial charge on any atom is -0.498 e. The monoisotopic (exact) mass is 214 g/mol. The molecule has 1 aliphatic heterocycles. The van der Waals surface area contributed by atoms with Gasteiger partial charge < -0.3 is 9.90 Å². The van der Waals surface area contributed by atoms with E-state index < -0.39 is 6.09 Å². The average Bonchev–Trinajstić information content (AvgIpc) is 2.07. The van der Waals surface area contributed by atoms with Gasteiger partial charge in [0.15, 0.2) is 0 Å². The topological polar surface area (TPSA) is 43.4 Å². The van der Waals surface area contributed by atoms with Crippen LogP contribution < -0.4 is 5.11 Å². The van der Waals surface area contributed by atoms with E-state index in [0.717, 1.165) is 6.54 Å². The molecule has 4 heteroatoms. The lowest BCUT2D eigenvalue weighted by Gasteiger charge is -2.53. The zero-order chi connectivity index (χ0) is 11.9. The number of quaternary nitrogens is 1. The lowest BCUT2D eigenvalue weighted by atomic mass is 9.98. The van der Waals surface area contributed by atoms with Gasteiger partial charge in [-0.05, 0) is 34.7 Å². The molecule has 15 heavy (non-hydrogen) atoms. The molecule has 1 fully saturated rings. The third-order valence-corrected chi connectivity index (χ3v) is 3.80. The molecule has 2 atom stereocenters. The van der Waals surface area contributed by atoms with Gasteiger partial charge in [0.1, 0.15) is 6.54 Å². The van der Waals surface area contributed by atoms with E-state index in [0.29, 0.717) is 13.1 Å². The van der Waals surface area contributed by atoms with E-state index in [9.17, 15) is 9.90 Å². The van der Waals surface area contributed by atoms with Crippen molar-refractivity contribution in [1.82, 2.24) is 4.90 Å². The maximum atomic E-state index is 11.4. The Kier molecular flexibility index (Phi) is 3.12. The molecule has 1 heterocycles. The Morgan fingerprint density at radius 3 is 2.33 bits per heavy atom. The van der Waals surface area contributed by atoms with Gasteiger partial charge in [-0.2, -0.15) is 0 Å². The highest BCUT2D eigenvalue weighted by Gasteiger charge is 2.46. The molecule has 1 aliphatic rings. The molecule has 0 aliphatic carbocycles. The van der Waals surface area contributed by atoms with Crippen LogP contribution in [0.5, 0.6) is 0 Å². The second-order valence-electron chi connectivity index (χ2n) is 5.64. The van der Waals surface area contributed by atoms with Crippen molar-refractivity contribution in [2.45, 2.75) is 39.3 Å². The summed E-state index contributed by atoms with van der Waals surface area (Å²) in [5.74, 6) is 0. The van der Waals surface area contributed by atoms with Gasteiger partial charge >= 0.3 is 0 Å². The highest BCUT2D eigenvalue weighted by molar-refractivity contribution is 5.55. The van der Waals surface area contributed by atoms with Crippen molar-refractivity contribution < 1.29 is 14.4 Å². The third kappa shape index (κ3) is 2.01. The number of carbonyl (C=O) groups is 1. The molecule has 0 aromatic carbocycles. The SMILES string of the molecule is C[C@@H]1C[N+](C(=O)[O-])(C(C)(C)C)CCN1C. The largest absolute Gasteiger partial charge is 0.498 e. The van der Waals surface area contributed by atoms with Crippen LogP contribution in [0.4, 0.5) is 4.79 Å². The summed E-state index contributed by atoms with van der Waals surface area (Å²) < 4.78 is 0.0680. The summed E-state index contributed by atoms with van der Waals surface area (Å²) in [6.07, 6.45) is -0.942. The molecule has 0 bridgehead atoms. The summed E-state index contributed by atoms with van der Waals surface area (Å²) in [5.41, 5.74) is -0.297. The Labute approximate surface area is 92.1 Å². The first-order valence-electron chi connectivity index (χ1n) is 5.50. The van der Waals surface area contributed by atoms with Gasteiger partial charge in [-0.15, -0.1) is 0 Å². The number of carbonyl (C=O) groups excluding carboxylic acids is 1. The fraction of sp³-hybridized carbons (Fsp3) is 0.909.